The Bertz CT molecular complexity index is 751. The van der Waals surface area contributed by atoms with Crippen LogP contribution in [0.4, 0.5) is 0 Å². The van der Waals surface area contributed by atoms with E-state index in [9.17, 15) is 14.7 Å². The zero-order valence-electron chi connectivity index (χ0n) is 14.6. The quantitative estimate of drug-likeness (QED) is 0.871. The molecule has 1 aromatic carbocycles. The first-order valence-corrected chi connectivity index (χ1v) is 8.54. The van der Waals surface area contributed by atoms with Crippen LogP contribution in [0.3, 0.4) is 0 Å². The molecule has 2 amide bonds. The van der Waals surface area contributed by atoms with Crippen molar-refractivity contribution in [1.82, 2.24) is 9.80 Å². The Labute approximate surface area is 151 Å². The number of aliphatic hydroxyl groups excluding tert-OH is 1. The van der Waals surface area contributed by atoms with E-state index < -0.39 is 6.10 Å². The SMILES string of the molecule is Cc1ccccc1OCC(O)C(=O)N1CCN(C(=O)c2ccco2)CC1. The van der Waals surface area contributed by atoms with Crippen molar-refractivity contribution in [3.63, 3.8) is 0 Å². The van der Waals surface area contributed by atoms with Crippen LogP contribution in [0.5, 0.6) is 5.75 Å². The van der Waals surface area contributed by atoms with Crippen LogP contribution in [-0.4, -0.2) is 65.6 Å². The summed E-state index contributed by atoms with van der Waals surface area (Å²) in [6.07, 6.45) is 0.222. The molecule has 1 aliphatic heterocycles. The van der Waals surface area contributed by atoms with E-state index >= 15 is 0 Å². The van der Waals surface area contributed by atoms with Crippen LogP contribution in [-0.2, 0) is 4.79 Å². The minimum absolute atomic E-state index is 0.102. The van der Waals surface area contributed by atoms with Crippen molar-refractivity contribution in [3.8, 4) is 5.75 Å². The largest absolute Gasteiger partial charge is 0.490 e. The molecule has 0 radical (unpaired) electrons. The molecule has 0 saturated carbocycles. The summed E-state index contributed by atoms with van der Waals surface area (Å²) in [6.45, 7) is 3.33. The lowest BCUT2D eigenvalue weighted by Crippen LogP contribution is -2.53. The van der Waals surface area contributed by atoms with Gasteiger partial charge in [0, 0.05) is 26.2 Å². The van der Waals surface area contributed by atoms with Crippen molar-refractivity contribution < 1.29 is 23.8 Å². The maximum Gasteiger partial charge on any atom is 0.289 e. The highest BCUT2D eigenvalue weighted by atomic mass is 16.5. The highest BCUT2D eigenvalue weighted by Crippen LogP contribution is 2.17. The number of amides is 2. The summed E-state index contributed by atoms with van der Waals surface area (Å²) in [6, 6.07) is 10.7. The summed E-state index contributed by atoms with van der Waals surface area (Å²) >= 11 is 0. The second kappa shape index (κ2) is 8.05. The smallest absolute Gasteiger partial charge is 0.289 e. The van der Waals surface area contributed by atoms with Crippen molar-refractivity contribution in [2.75, 3.05) is 32.8 Å². The number of hydrogen-bond acceptors (Lipinski definition) is 5. The Morgan fingerprint density at radius 2 is 1.81 bits per heavy atom. The van der Waals surface area contributed by atoms with Crippen LogP contribution in [0.1, 0.15) is 16.1 Å². The van der Waals surface area contributed by atoms with E-state index in [1.807, 2.05) is 25.1 Å². The van der Waals surface area contributed by atoms with E-state index in [0.29, 0.717) is 31.9 Å². The lowest BCUT2D eigenvalue weighted by Gasteiger charge is -2.35. The highest BCUT2D eigenvalue weighted by Gasteiger charge is 2.29. The molecule has 138 valence electrons. The topological polar surface area (TPSA) is 83.2 Å². The van der Waals surface area contributed by atoms with Gasteiger partial charge in [-0.2, -0.15) is 0 Å². The van der Waals surface area contributed by atoms with Gasteiger partial charge in [-0.05, 0) is 30.7 Å². The van der Waals surface area contributed by atoms with Gasteiger partial charge in [-0.15, -0.1) is 0 Å². The van der Waals surface area contributed by atoms with Crippen LogP contribution in [0.25, 0.3) is 0 Å². The van der Waals surface area contributed by atoms with Gasteiger partial charge in [-0.1, -0.05) is 18.2 Å². The molecular weight excluding hydrogens is 336 g/mol. The molecule has 1 unspecified atom stereocenters. The number of hydrogen-bond donors (Lipinski definition) is 1. The first-order valence-electron chi connectivity index (χ1n) is 8.54. The Balaban J connectivity index is 1.48. The summed E-state index contributed by atoms with van der Waals surface area (Å²) in [7, 11) is 0. The molecule has 1 aromatic heterocycles. The standard InChI is InChI=1S/C19H22N2O5/c1-14-5-2-3-6-16(14)26-13-15(22)18(23)20-8-10-21(11-9-20)19(24)17-7-4-12-25-17/h2-7,12,15,22H,8-11,13H2,1H3. The number of ether oxygens (including phenoxy) is 1. The third-order valence-corrected chi connectivity index (χ3v) is 4.39. The molecule has 0 aliphatic carbocycles. The van der Waals surface area contributed by atoms with Crippen LogP contribution in [0.2, 0.25) is 0 Å². The fraction of sp³-hybridized carbons (Fsp3) is 0.368. The van der Waals surface area contributed by atoms with Gasteiger partial charge in [0.2, 0.25) is 0 Å². The van der Waals surface area contributed by atoms with Gasteiger partial charge in [-0.25, -0.2) is 0 Å². The van der Waals surface area contributed by atoms with Crippen LogP contribution >= 0.6 is 0 Å². The zero-order valence-corrected chi connectivity index (χ0v) is 14.6. The molecule has 2 heterocycles. The molecule has 1 saturated heterocycles. The number of rotatable bonds is 5. The van der Waals surface area contributed by atoms with Crippen LogP contribution in [0, 0.1) is 6.92 Å². The van der Waals surface area contributed by atoms with E-state index in [1.165, 1.54) is 6.26 Å². The number of aryl methyl sites for hydroxylation is 1. The van der Waals surface area contributed by atoms with E-state index in [2.05, 4.69) is 0 Å². The highest BCUT2D eigenvalue weighted by molar-refractivity contribution is 5.91. The fourth-order valence-corrected chi connectivity index (χ4v) is 2.86. The monoisotopic (exact) mass is 358 g/mol. The molecular formula is C19H22N2O5. The van der Waals surface area contributed by atoms with E-state index in [4.69, 9.17) is 9.15 Å². The first-order chi connectivity index (χ1) is 12.6. The van der Waals surface area contributed by atoms with E-state index in [1.54, 1.807) is 28.0 Å². The third kappa shape index (κ3) is 4.05. The second-order valence-electron chi connectivity index (χ2n) is 6.19. The predicted molar refractivity (Wildman–Crippen MR) is 93.9 cm³/mol. The Morgan fingerprint density at radius 1 is 1.12 bits per heavy atom. The number of aliphatic hydroxyl groups is 1. The number of carbonyl (C=O) groups is 2. The molecule has 2 aromatic rings. The molecule has 7 heteroatoms. The Hall–Kier alpha value is -2.80. The second-order valence-corrected chi connectivity index (χ2v) is 6.19. The molecule has 0 bridgehead atoms. The summed E-state index contributed by atoms with van der Waals surface area (Å²) in [5, 5.41) is 10.1. The minimum Gasteiger partial charge on any atom is -0.490 e. The van der Waals surface area contributed by atoms with Gasteiger partial charge in [0.15, 0.2) is 11.9 Å². The molecule has 1 atom stereocenters. The maximum absolute atomic E-state index is 12.4. The first kappa shape index (κ1) is 18.0. The van der Waals surface area contributed by atoms with Crippen molar-refractivity contribution in [3.05, 3.63) is 54.0 Å². The van der Waals surface area contributed by atoms with Crippen molar-refractivity contribution >= 4 is 11.8 Å². The number of furan rings is 1. The minimum atomic E-state index is -1.23. The molecule has 1 fully saturated rings. The van der Waals surface area contributed by atoms with Crippen molar-refractivity contribution in [1.29, 1.82) is 0 Å². The van der Waals surface area contributed by atoms with Gasteiger partial charge >= 0.3 is 0 Å². The predicted octanol–water partition coefficient (Wildman–Crippen LogP) is 1.31. The number of nitrogens with zero attached hydrogens (tertiary/aromatic N) is 2. The van der Waals surface area contributed by atoms with Crippen LogP contribution < -0.4 is 4.74 Å². The number of benzene rings is 1. The fourth-order valence-electron chi connectivity index (χ4n) is 2.86. The lowest BCUT2D eigenvalue weighted by atomic mass is 10.2. The number of piperazine rings is 1. The maximum atomic E-state index is 12.4. The summed E-state index contributed by atoms with van der Waals surface area (Å²) in [5.74, 6) is 0.360. The summed E-state index contributed by atoms with van der Waals surface area (Å²) in [4.78, 5) is 27.8. The zero-order chi connectivity index (χ0) is 18.5. The average Bonchev–Trinajstić information content (AvgIpc) is 3.21. The summed E-state index contributed by atoms with van der Waals surface area (Å²) < 4.78 is 10.7. The van der Waals surface area contributed by atoms with Crippen molar-refractivity contribution in [2.45, 2.75) is 13.0 Å². The lowest BCUT2D eigenvalue weighted by molar-refractivity contribution is -0.143. The molecule has 26 heavy (non-hydrogen) atoms. The average molecular weight is 358 g/mol. The molecule has 3 rings (SSSR count). The van der Waals surface area contributed by atoms with Crippen molar-refractivity contribution in [2.24, 2.45) is 0 Å². The van der Waals surface area contributed by atoms with Gasteiger partial charge in [0.1, 0.15) is 12.4 Å². The normalized spacial score (nSPS) is 15.6. The Kier molecular flexibility index (Phi) is 5.58. The third-order valence-electron chi connectivity index (χ3n) is 4.39. The van der Waals surface area contributed by atoms with Gasteiger partial charge in [-0.3, -0.25) is 9.59 Å². The Morgan fingerprint density at radius 3 is 2.46 bits per heavy atom. The molecule has 1 aliphatic rings. The summed E-state index contributed by atoms with van der Waals surface area (Å²) in [5.41, 5.74) is 0.942. The van der Waals surface area contributed by atoms with E-state index in [0.717, 1.165) is 5.56 Å². The number of carbonyl (C=O) groups excluding carboxylic acids is 2. The molecule has 7 nitrogen and oxygen atoms in total. The van der Waals surface area contributed by atoms with Gasteiger partial charge in [0.25, 0.3) is 11.8 Å². The van der Waals surface area contributed by atoms with Gasteiger partial charge in [0.05, 0.1) is 6.26 Å². The van der Waals surface area contributed by atoms with Gasteiger partial charge < -0.3 is 24.1 Å². The molecule has 1 N–H and O–H groups in total. The van der Waals surface area contributed by atoms with Crippen LogP contribution in [0.15, 0.2) is 47.1 Å². The van der Waals surface area contributed by atoms with E-state index in [-0.39, 0.29) is 24.2 Å². The number of para-hydroxylation sites is 1. The molecule has 0 spiro atoms.